The first-order valence-corrected chi connectivity index (χ1v) is 7.07. The van der Waals surface area contributed by atoms with Gasteiger partial charge in [-0.1, -0.05) is 12.1 Å². The number of aromatic amines is 1. The van der Waals surface area contributed by atoms with Crippen LogP contribution < -0.4 is 5.32 Å². The Morgan fingerprint density at radius 1 is 1.21 bits per heavy atom. The van der Waals surface area contributed by atoms with Gasteiger partial charge < -0.3 is 10.3 Å². The van der Waals surface area contributed by atoms with Gasteiger partial charge in [-0.3, -0.25) is 0 Å². The molecule has 0 atom stereocenters. The van der Waals surface area contributed by atoms with Gasteiger partial charge in [0, 0.05) is 42.5 Å². The molecule has 0 fully saturated rings. The minimum Gasteiger partial charge on any atom is -0.388 e. The number of H-pyrrole nitrogens is 1. The van der Waals surface area contributed by atoms with E-state index in [-0.39, 0.29) is 0 Å². The third-order valence-electron chi connectivity index (χ3n) is 3.04. The summed E-state index contributed by atoms with van der Waals surface area (Å²) in [7, 11) is 1.93. The van der Waals surface area contributed by atoms with Crippen LogP contribution in [0.2, 0.25) is 0 Å². The van der Waals surface area contributed by atoms with Crippen molar-refractivity contribution < 1.29 is 0 Å². The average molecular weight is 269 g/mol. The number of nitrogens with zero attached hydrogens (tertiary/aromatic N) is 1. The molecule has 0 unspecified atom stereocenters. The lowest BCUT2D eigenvalue weighted by Gasteiger charge is -2.01. The van der Waals surface area contributed by atoms with Crippen LogP contribution in [0, 0.1) is 0 Å². The van der Waals surface area contributed by atoms with Gasteiger partial charge in [-0.15, -0.1) is 11.3 Å². The van der Waals surface area contributed by atoms with Crippen molar-refractivity contribution in [3.63, 3.8) is 0 Å². The third-order valence-corrected chi connectivity index (χ3v) is 3.89. The van der Waals surface area contributed by atoms with Crippen LogP contribution in [0.3, 0.4) is 0 Å². The van der Waals surface area contributed by atoms with Gasteiger partial charge in [-0.2, -0.15) is 0 Å². The van der Waals surface area contributed by atoms with Crippen LogP contribution in [0.25, 0.3) is 11.3 Å². The maximum atomic E-state index is 4.67. The monoisotopic (exact) mass is 269 g/mol. The minimum absolute atomic E-state index is 0.888. The van der Waals surface area contributed by atoms with E-state index in [0.717, 1.165) is 28.4 Å². The Hall–Kier alpha value is -2.07. The summed E-state index contributed by atoms with van der Waals surface area (Å²) >= 11 is 1.71. The molecule has 0 aliphatic carbocycles. The van der Waals surface area contributed by atoms with Gasteiger partial charge in [0.1, 0.15) is 0 Å². The van der Waals surface area contributed by atoms with Crippen molar-refractivity contribution in [3.05, 3.63) is 58.7 Å². The SMILES string of the molecule is CNc1ccc(Cc2nc(-c3cc[nH]c3)cs2)cc1. The number of hydrogen-bond acceptors (Lipinski definition) is 3. The van der Waals surface area contributed by atoms with Crippen LogP contribution in [0.4, 0.5) is 5.69 Å². The predicted octanol–water partition coefficient (Wildman–Crippen LogP) is 3.77. The van der Waals surface area contributed by atoms with E-state index in [1.54, 1.807) is 11.3 Å². The van der Waals surface area contributed by atoms with Crippen molar-refractivity contribution in [2.75, 3.05) is 12.4 Å². The van der Waals surface area contributed by atoms with Gasteiger partial charge in [-0.25, -0.2) is 4.98 Å². The minimum atomic E-state index is 0.888. The molecule has 3 nitrogen and oxygen atoms in total. The molecule has 1 aromatic carbocycles. The van der Waals surface area contributed by atoms with Crippen LogP contribution in [-0.4, -0.2) is 17.0 Å². The molecular weight excluding hydrogens is 254 g/mol. The maximum Gasteiger partial charge on any atom is 0.0976 e. The number of aromatic nitrogens is 2. The molecule has 96 valence electrons. The van der Waals surface area contributed by atoms with Crippen LogP contribution in [0.5, 0.6) is 0 Å². The third kappa shape index (κ3) is 2.69. The molecule has 0 aliphatic heterocycles. The summed E-state index contributed by atoms with van der Waals surface area (Å²) in [6, 6.07) is 10.5. The average Bonchev–Trinajstić information content (AvgIpc) is 3.10. The number of anilines is 1. The molecular formula is C15H15N3S. The largest absolute Gasteiger partial charge is 0.388 e. The lowest BCUT2D eigenvalue weighted by Crippen LogP contribution is -1.90. The standard InChI is InChI=1S/C15H15N3S/c1-16-13-4-2-11(3-5-13)8-15-18-14(10-19-15)12-6-7-17-9-12/h2-7,9-10,16-17H,8H2,1H3. The molecule has 0 radical (unpaired) electrons. The fourth-order valence-electron chi connectivity index (χ4n) is 1.97. The second-order valence-electron chi connectivity index (χ2n) is 4.35. The molecule has 2 N–H and O–H groups in total. The molecule has 3 rings (SSSR count). The lowest BCUT2D eigenvalue weighted by molar-refractivity contribution is 1.14. The molecule has 0 aliphatic rings. The van der Waals surface area contributed by atoms with Crippen molar-refractivity contribution in [2.24, 2.45) is 0 Å². The van der Waals surface area contributed by atoms with Crippen molar-refractivity contribution >= 4 is 17.0 Å². The first-order chi connectivity index (χ1) is 9.35. The van der Waals surface area contributed by atoms with Gasteiger partial charge in [-0.05, 0) is 23.8 Å². The number of hydrogen-bond donors (Lipinski definition) is 2. The second kappa shape index (κ2) is 5.28. The molecule has 0 saturated carbocycles. The molecule has 2 heterocycles. The van der Waals surface area contributed by atoms with E-state index in [1.807, 2.05) is 25.5 Å². The number of thiazole rings is 1. The van der Waals surface area contributed by atoms with Crippen LogP contribution in [-0.2, 0) is 6.42 Å². The normalized spacial score (nSPS) is 10.6. The smallest absolute Gasteiger partial charge is 0.0976 e. The van der Waals surface area contributed by atoms with Crippen molar-refractivity contribution in [3.8, 4) is 11.3 Å². The van der Waals surface area contributed by atoms with Gasteiger partial charge in [0.15, 0.2) is 0 Å². The van der Waals surface area contributed by atoms with E-state index in [0.29, 0.717) is 0 Å². The molecule has 0 bridgehead atoms. The Morgan fingerprint density at radius 3 is 2.74 bits per heavy atom. The fourth-order valence-corrected chi connectivity index (χ4v) is 2.81. The zero-order valence-electron chi connectivity index (χ0n) is 10.7. The van der Waals surface area contributed by atoms with Gasteiger partial charge >= 0.3 is 0 Å². The van der Waals surface area contributed by atoms with Crippen LogP contribution >= 0.6 is 11.3 Å². The fraction of sp³-hybridized carbons (Fsp3) is 0.133. The Kier molecular flexibility index (Phi) is 3.33. The number of nitrogens with one attached hydrogen (secondary N) is 2. The van der Waals surface area contributed by atoms with Crippen molar-refractivity contribution in [1.82, 2.24) is 9.97 Å². The summed E-state index contributed by atoms with van der Waals surface area (Å²) < 4.78 is 0. The quantitative estimate of drug-likeness (QED) is 0.757. The predicted molar refractivity (Wildman–Crippen MR) is 80.7 cm³/mol. The summed E-state index contributed by atoms with van der Waals surface area (Å²) in [5.41, 5.74) is 4.62. The Labute approximate surface area is 116 Å². The van der Waals surface area contributed by atoms with Gasteiger partial charge in [0.05, 0.1) is 10.7 Å². The first kappa shape index (κ1) is 12.0. The molecule has 0 saturated heterocycles. The highest BCUT2D eigenvalue weighted by Crippen LogP contribution is 2.23. The Balaban J connectivity index is 1.76. The first-order valence-electron chi connectivity index (χ1n) is 6.19. The topological polar surface area (TPSA) is 40.7 Å². The van der Waals surface area contributed by atoms with Crippen molar-refractivity contribution in [2.45, 2.75) is 6.42 Å². The summed E-state index contributed by atoms with van der Waals surface area (Å²) in [5, 5.41) is 6.38. The zero-order valence-corrected chi connectivity index (χ0v) is 11.5. The highest BCUT2D eigenvalue weighted by molar-refractivity contribution is 7.10. The molecule has 19 heavy (non-hydrogen) atoms. The van der Waals surface area contributed by atoms with E-state index in [1.165, 1.54) is 5.56 Å². The molecule has 4 heteroatoms. The van der Waals surface area contributed by atoms with E-state index >= 15 is 0 Å². The van der Waals surface area contributed by atoms with E-state index in [9.17, 15) is 0 Å². The molecule has 0 spiro atoms. The number of rotatable bonds is 4. The van der Waals surface area contributed by atoms with Crippen molar-refractivity contribution in [1.29, 1.82) is 0 Å². The summed E-state index contributed by atoms with van der Waals surface area (Å²) in [5.74, 6) is 0. The summed E-state index contributed by atoms with van der Waals surface area (Å²) in [4.78, 5) is 7.73. The van der Waals surface area contributed by atoms with Crippen LogP contribution in [0.1, 0.15) is 10.6 Å². The molecule has 3 aromatic rings. The molecule has 2 aromatic heterocycles. The summed E-state index contributed by atoms with van der Waals surface area (Å²) in [6.07, 6.45) is 4.78. The van der Waals surface area contributed by atoms with Gasteiger partial charge in [0.2, 0.25) is 0 Å². The Morgan fingerprint density at radius 2 is 2.05 bits per heavy atom. The van der Waals surface area contributed by atoms with E-state index in [4.69, 9.17) is 0 Å². The summed E-state index contributed by atoms with van der Waals surface area (Å²) in [6.45, 7) is 0. The van der Waals surface area contributed by atoms with E-state index < -0.39 is 0 Å². The second-order valence-corrected chi connectivity index (χ2v) is 5.29. The number of benzene rings is 1. The van der Waals surface area contributed by atoms with Gasteiger partial charge in [0.25, 0.3) is 0 Å². The highest BCUT2D eigenvalue weighted by atomic mass is 32.1. The highest BCUT2D eigenvalue weighted by Gasteiger charge is 2.05. The van der Waals surface area contributed by atoms with E-state index in [2.05, 4.69) is 44.9 Å². The van der Waals surface area contributed by atoms with Crippen LogP contribution in [0.15, 0.2) is 48.1 Å². The zero-order chi connectivity index (χ0) is 13.1. The lowest BCUT2D eigenvalue weighted by atomic mass is 10.1. The Bertz CT molecular complexity index is 638. The maximum absolute atomic E-state index is 4.67. The molecule has 0 amide bonds.